The molecule has 1 heterocycles. The van der Waals surface area contributed by atoms with Crippen LogP contribution in [-0.4, -0.2) is 63.5 Å². The summed E-state index contributed by atoms with van der Waals surface area (Å²) in [4.78, 5) is 16.3. The molecule has 144 valence electrons. The summed E-state index contributed by atoms with van der Waals surface area (Å²) in [5, 5.41) is 18.7. The number of hydrogen-bond acceptors (Lipinski definition) is 4. The molecule has 0 bridgehead atoms. The third kappa shape index (κ3) is 6.00. The zero-order valence-electron chi connectivity index (χ0n) is 15.7. The maximum absolute atomic E-state index is 12.1. The number of guanidine groups is 1. The Bertz CT molecular complexity index is 613. The first kappa shape index (κ1) is 20.2. The summed E-state index contributed by atoms with van der Waals surface area (Å²) in [6.07, 6.45) is 1.65. The molecule has 4 N–H and O–H groups in total. The van der Waals surface area contributed by atoms with Crippen LogP contribution in [0.25, 0.3) is 0 Å². The van der Waals surface area contributed by atoms with Crippen molar-refractivity contribution in [1.29, 1.82) is 0 Å². The van der Waals surface area contributed by atoms with E-state index < -0.39 is 0 Å². The van der Waals surface area contributed by atoms with Gasteiger partial charge in [-0.3, -0.25) is 9.79 Å². The van der Waals surface area contributed by atoms with E-state index >= 15 is 0 Å². The topological polar surface area (TPSA) is 95.0 Å². The fourth-order valence-electron chi connectivity index (χ4n) is 3.05. The highest BCUT2D eigenvalue weighted by Gasteiger charge is 2.34. The molecule has 26 heavy (non-hydrogen) atoms. The van der Waals surface area contributed by atoms with E-state index in [-0.39, 0.29) is 17.9 Å². The molecule has 0 spiro atoms. The van der Waals surface area contributed by atoms with Gasteiger partial charge in [-0.1, -0.05) is 17.7 Å². The number of amides is 1. The molecular formula is C19H30N4O3. The molecule has 1 fully saturated rings. The third-order valence-electron chi connectivity index (χ3n) is 4.66. The number of benzene rings is 1. The number of aryl methyl sites for hydroxylation is 1. The van der Waals surface area contributed by atoms with Gasteiger partial charge in [0.25, 0.3) is 5.91 Å². The van der Waals surface area contributed by atoms with Crippen LogP contribution in [0.5, 0.6) is 0 Å². The molecule has 0 radical (unpaired) electrons. The van der Waals surface area contributed by atoms with Gasteiger partial charge in [-0.25, -0.2) is 0 Å². The van der Waals surface area contributed by atoms with Crippen LogP contribution in [-0.2, 0) is 4.74 Å². The minimum atomic E-state index is -0.0801. The highest BCUT2D eigenvalue weighted by Crippen LogP contribution is 2.31. The molecule has 7 heteroatoms. The van der Waals surface area contributed by atoms with Gasteiger partial charge >= 0.3 is 0 Å². The third-order valence-corrected chi connectivity index (χ3v) is 4.66. The standard InChI is InChI=1S/C19H30N4O3/c1-15-4-3-5-16(12-15)17(25)21-8-9-22-18(20-2)23-13-19(6-10-24)7-11-26-14-19/h3-5,12,24H,6-11,13-14H2,1-2H3,(H,21,25)(H2,20,22,23). The van der Waals surface area contributed by atoms with Crippen LogP contribution >= 0.6 is 0 Å². The zero-order valence-corrected chi connectivity index (χ0v) is 15.7. The van der Waals surface area contributed by atoms with E-state index in [1.54, 1.807) is 13.1 Å². The van der Waals surface area contributed by atoms with E-state index in [0.717, 1.165) is 18.6 Å². The van der Waals surface area contributed by atoms with Gasteiger partial charge in [0, 0.05) is 50.9 Å². The van der Waals surface area contributed by atoms with Crippen molar-refractivity contribution in [2.24, 2.45) is 10.4 Å². The number of ether oxygens (including phenoxy) is 1. The molecule has 1 aromatic rings. The van der Waals surface area contributed by atoms with Crippen molar-refractivity contribution in [1.82, 2.24) is 16.0 Å². The largest absolute Gasteiger partial charge is 0.396 e. The van der Waals surface area contributed by atoms with Gasteiger partial charge in [0.15, 0.2) is 5.96 Å². The van der Waals surface area contributed by atoms with Crippen LogP contribution in [0.4, 0.5) is 0 Å². The molecule has 0 aromatic heterocycles. The molecule has 1 unspecified atom stereocenters. The minimum Gasteiger partial charge on any atom is -0.396 e. The smallest absolute Gasteiger partial charge is 0.251 e. The van der Waals surface area contributed by atoms with Crippen molar-refractivity contribution in [2.75, 3.05) is 46.5 Å². The maximum atomic E-state index is 12.1. The minimum absolute atomic E-state index is 0.0360. The van der Waals surface area contributed by atoms with Crippen molar-refractivity contribution >= 4 is 11.9 Å². The number of nitrogens with zero attached hydrogens (tertiary/aromatic N) is 1. The van der Waals surface area contributed by atoms with Crippen LogP contribution in [0.3, 0.4) is 0 Å². The Labute approximate surface area is 155 Å². The molecular weight excluding hydrogens is 332 g/mol. The summed E-state index contributed by atoms with van der Waals surface area (Å²) in [7, 11) is 1.71. The average molecular weight is 362 g/mol. The molecule has 0 aliphatic carbocycles. The van der Waals surface area contributed by atoms with Crippen molar-refractivity contribution < 1.29 is 14.6 Å². The van der Waals surface area contributed by atoms with Crippen LogP contribution in [0.1, 0.15) is 28.8 Å². The summed E-state index contributed by atoms with van der Waals surface area (Å²) in [6, 6.07) is 7.52. The Balaban J connectivity index is 1.71. The first-order chi connectivity index (χ1) is 12.6. The molecule has 1 saturated heterocycles. The molecule has 1 atom stereocenters. The van der Waals surface area contributed by atoms with Gasteiger partial charge in [-0.15, -0.1) is 0 Å². The summed E-state index contributed by atoms with van der Waals surface area (Å²) >= 11 is 0. The van der Waals surface area contributed by atoms with Gasteiger partial charge in [0.2, 0.25) is 0 Å². The second-order valence-electron chi connectivity index (χ2n) is 6.75. The Morgan fingerprint density at radius 1 is 1.31 bits per heavy atom. The number of hydrogen-bond donors (Lipinski definition) is 4. The quantitative estimate of drug-likeness (QED) is 0.310. The number of aliphatic hydroxyl groups excluding tert-OH is 1. The van der Waals surface area contributed by atoms with E-state index in [4.69, 9.17) is 4.74 Å². The maximum Gasteiger partial charge on any atom is 0.251 e. The van der Waals surface area contributed by atoms with Crippen LogP contribution in [0.15, 0.2) is 29.3 Å². The Morgan fingerprint density at radius 3 is 2.77 bits per heavy atom. The second kappa shape index (κ2) is 10.1. The lowest BCUT2D eigenvalue weighted by molar-refractivity contribution is 0.0954. The highest BCUT2D eigenvalue weighted by atomic mass is 16.5. The monoisotopic (exact) mass is 362 g/mol. The summed E-state index contributed by atoms with van der Waals surface area (Å²) in [6.45, 7) is 5.28. The second-order valence-corrected chi connectivity index (χ2v) is 6.75. The highest BCUT2D eigenvalue weighted by molar-refractivity contribution is 5.94. The van der Waals surface area contributed by atoms with E-state index in [1.807, 2.05) is 25.1 Å². The predicted octanol–water partition coefficient (Wildman–Crippen LogP) is 0.679. The Morgan fingerprint density at radius 2 is 2.12 bits per heavy atom. The predicted molar refractivity (Wildman–Crippen MR) is 102 cm³/mol. The Hall–Kier alpha value is -2.12. The summed E-state index contributed by atoms with van der Waals surface area (Å²) in [5.41, 5.74) is 1.69. The van der Waals surface area contributed by atoms with E-state index in [2.05, 4.69) is 20.9 Å². The lowest BCUT2D eigenvalue weighted by atomic mass is 9.84. The summed E-state index contributed by atoms with van der Waals surface area (Å²) < 4.78 is 5.50. The molecule has 2 rings (SSSR count). The van der Waals surface area contributed by atoms with Crippen LogP contribution in [0, 0.1) is 12.3 Å². The Kier molecular flexibility index (Phi) is 7.87. The molecule has 1 aromatic carbocycles. The van der Waals surface area contributed by atoms with Crippen molar-refractivity contribution in [3.63, 3.8) is 0 Å². The number of aliphatic imine (C=N–C) groups is 1. The SMILES string of the molecule is CN=C(NCCNC(=O)c1cccc(C)c1)NCC1(CCO)CCOC1. The van der Waals surface area contributed by atoms with Crippen LogP contribution in [0.2, 0.25) is 0 Å². The normalized spacial score (nSPS) is 20.0. The van der Waals surface area contributed by atoms with Crippen LogP contribution < -0.4 is 16.0 Å². The van der Waals surface area contributed by atoms with Crippen molar-refractivity contribution in [3.05, 3.63) is 35.4 Å². The number of carbonyl (C=O) groups excluding carboxylic acids is 1. The molecule has 1 aliphatic heterocycles. The van der Waals surface area contributed by atoms with Gasteiger partial charge in [-0.05, 0) is 31.9 Å². The van der Waals surface area contributed by atoms with Gasteiger partial charge < -0.3 is 25.8 Å². The van der Waals surface area contributed by atoms with Gasteiger partial charge in [0.05, 0.1) is 6.61 Å². The fraction of sp³-hybridized carbons (Fsp3) is 0.579. The number of nitrogens with one attached hydrogen (secondary N) is 3. The molecule has 7 nitrogen and oxygen atoms in total. The fourth-order valence-corrected chi connectivity index (χ4v) is 3.05. The van der Waals surface area contributed by atoms with Gasteiger partial charge in [-0.2, -0.15) is 0 Å². The van der Waals surface area contributed by atoms with E-state index in [9.17, 15) is 9.90 Å². The number of rotatable bonds is 8. The molecule has 0 saturated carbocycles. The lowest BCUT2D eigenvalue weighted by Gasteiger charge is -2.27. The van der Waals surface area contributed by atoms with E-state index in [0.29, 0.717) is 44.2 Å². The average Bonchev–Trinajstić information content (AvgIpc) is 3.10. The molecule has 1 aliphatic rings. The lowest BCUT2D eigenvalue weighted by Crippen LogP contribution is -2.46. The first-order valence-corrected chi connectivity index (χ1v) is 9.06. The van der Waals surface area contributed by atoms with E-state index in [1.165, 1.54) is 0 Å². The molecule has 1 amide bonds. The number of carbonyl (C=O) groups is 1. The number of aliphatic hydroxyl groups is 1. The summed E-state index contributed by atoms with van der Waals surface area (Å²) in [5.74, 6) is 0.600. The van der Waals surface area contributed by atoms with Gasteiger partial charge in [0.1, 0.15) is 0 Å². The first-order valence-electron chi connectivity index (χ1n) is 9.06. The van der Waals surface area contributed by atoms with Crippen molar-refractivity contribution in [2.45, 2.75) is 19.8 Å². The zero-order chi connectivity index (χ0) is 18.8. The van der Waals surface area contributed by atoms with Crippen molar-refractivity contribution in [3.8, 4) is 0 Å².